The van der Waals surface area contributed by atoms with Crippen LogP contribution in [0.1, 0.15) is 45.4 Å². The summed E-state index contributed by atoms with van der Waals surface area (Å²) in [5.41, 5.74) is -1.03. The second-order valence-corrected chi connectivity index (χ2v) is 11.6. The van der Waals surface area contributed by atoms with E-state index in [0.29, 0.717) is 17.8 Å². The zero-order chi connectivity index (χ0) is 14.9. The minimum Gasteiger partial charge on any atom is -0.386 e. The molecule has 10 fully saturated rings. The molecule has 2 heteroatoms. The molecule has 10 aliphatic carbocycles. The molecule has 10 saturated carbocycles. The molecule has 14 atom stereocenters. The summed E-state index contributed by atoms with van der Waals surface area (Å²) >= 11 is 0. The first-order chi connectivity index (χ1) is 11.0. The monoisotopic (exact) mass is 310 g/mol. The van der Waals surface area contributed by atoms with E-state index in [9.17, 15) is 10.2 Å². The van der Waals surface area contributed by atoms with E-state index in [2.05, 4.69) is 6.92 Å². The van der Waals surface area contributed by atoms with Gasteiger partial charge >= 0.3 is 0 Å². The van der Waals surface area contributed by atoms with E-state index in [4.69, 9.17) is 0 Å². The van der Waals surface area contributed by atoms with Gasteiger partial charge in [-0.2, -0.15) is 0 Å². The van der Waals surface area contributed by atoms with Crippen LogP contribution in [0.3, 0.4) is 0 Å². The summed E-state index contributed by atoms with van der Waals surface area (Å²) < 4.78 is 0. The smallest absolute Gasteiger partial charge is 0.106 e. The van der Waals surface area contributed by atoms with Gasteiger partial charge < -0.3 is 10.2 Å². The average Bonchev–Trinajstić information content (AvgIpc) is 3.26. The maximum Gasteiger partial charge on any atom is 0.106 e. The van der Waals surface area contributed by atoms with Gasteiger partial charge in [0.1, 0.15) is 11.2 Å². The van der Waals surface area contributed by atoms with Gasteiger partial charge in [-0.3, -0.25) is 0 Å². The van der Waals surface area contributed by atoms with Gasteiger partial charge in [0.05, 0.1) is 0 Å². The molecule has 23 heavy (non-hydrogen) atoms. The summed E-state index contributed by atoms with van der Waals surface area (Å²) in [5, 5.41) is 25.1. The minimum absolute atomic E-state index is 0.0707. The molecule has 0 amide bonds. The van der Waals surface area contributed by atoms with Gasteiger partial charge in [0.25, 0.3) is 0 Å². The Morgan fingerprint density at radius 3 is 2.35 bits per heavy atom. The maximum absolute atomic E-state index is 12.6. The lowest BCUT2D eigenvalue weighted by Gasteiger charge is -2.51. The summed E-state index contributed by atoms with van der Waals surface area (Å²) in [6, 6.07) is 0. The summed E-state index contributed by atoms with van der Waals surface area (Å²) in [5.74, 6) is 6.85. The van der Waals surface area contributed by atoms with Crippen molar-refractivity contribution in [2.45, 2.75) is 56.7 Å². The highest BCUT2D eigenvalue weighted by Gasteiger charge is 3.10. The van der Waals surface area contributed by atoms with Gasteiger partial charge in [-0.05, 0) is 78.9 Å². The van der Waals surface area contributed by atoms with E-state index in [1.807, 2.05) is 0 Å². The van der Waals surface area contributed by atoms with Crippen molar-refractivity contribution in [2.24, 2.45) is 69.5 Å². The molecule has 2 spiro atoms. The number of hydrogen-bond acceptors (Lipinski definition) is 2. The Labute approximate surface area is 137 Å². The van der Waals surface area contributed by atoms with Crippen molar-refractivity contribution in [3.05, 3.63) is 0 Å². The molecule has 0 saturated heterocycles. The zero-order valence-corrected chi connectivity index (χ0v) is 13.8. The molecule has 2 N–H and O–H groups in total. The summed E-state index contributed by atoms with van der Waals surface area (Å²) in [6.45, 7) is 2.48. The zero-order valence-electron chi connectivity index (χ0n) is 13.8. The summed E-state index contributed by atoms with van der Waals surface area (Å²) in [4.78, 5) is 0. The van der Waals surface area contributed by atoms with Gasteiger partial charge in [-0.15, -0.1) is 0 Å². The Bertz CT molecular complexity index is 761. The number of rotatable bonds is 0. The predicted molar refractivity (Wildman–Crippen MR) is 82.0 cm³/mol. The summed E-state index contributed by atoms with van der Waals surface area (Å²) in [6.07, 6.45) is 7.85. The Hall–Kier alpha value is -0.0800. The molecule has 0 unspecified atom stereocenters. The van der Waals surface area contributed by atoms with Crippen molar-refractivity contribution in [1.82, 2.24) is 0 Å². The topological polar surface area (TPSA) is 40.5 Å². The molecule has 0 aromatic rings. The lowest BCUT2D eigenvalue weighted by Crippen LogP contribution is -2.64. The van der Waals surface area contributed by atoms with Crippen LogP contribution in [0.15, 0.2) is 0 Å². The van der Waals surface area contributed by atoms with E-state index < -0.39 is 11.2 Å². The van der Waals surface area contributed by atoms with Crippen LogP contribution in [0.5, 0.6) is 0 Å². The summed E-state index contributed by atoms with van der Waals surface area (Å²) in [7, 11) is 0. The molecule has 0 heterocycles. The lowest BCUT2D eigenvalue weighted by molar-refractivity contribution is -0.224. The van der Waals surface area contributed by atoms with Crippen LogP contribution in [0.25, 0.3) is 0 Å². The fourth-order valence-corrected chi connectivity index (χ4v) is 14.4. The van der Waals surface area contributed by atoms with Crippen LogP contribution in [0.2, 0.25) is 0 Å². The fraction of sp³-hybridized carbons (Fsp3) is 1.00. The van der Waals surface area contributed by atoms with Crippen molar-refractivity contribution >= 4 is 0 Å². The van der Waals surface area contributed by atoms with Crippen LogP contribution in [-0.2, 0) is 0 Å². The third-order valence-electron chi connectivity index (χ3n) is 13.0. The third kappa shape index (κ3) is 0.532. The molecular weight excluding hydrogens is 284 g/mol. The van der Waals surface area contributed by atoms with Crippen molar-refractivity contribution in [1.29, 1.82) is 0 Å². The SMILES string of the molecule is C[C@@]12[C@@H]3[C@H]4[C@@H]5[C@H]6[C@H]7[C@H]4[C@]4(CCC[C@H]34)[C@]1(O)[C@@]7(O)[C@@]1(CCC[C@H]61)[C@H]52. The Morgan fingerprint density at radius 1 is 0.783 bits per heavy atom. The molecule has 0 aromatic heterocycles. The Kier molecular flexibility index (Phi) is 1.21. The second-order valence-electron chi connectivity index (χ2n) is 11.6. The fourth-order valence-electron chi connectivity index (χ4n) is 14.4. The van der Waals surface area contributed by atoms with Crippen LogP contribution in [-0.4, -0.2) is 21.4 Å². The Morgan fingerprint density at radius 2 is 1.52 bits per heavy atom. The first-order valence-electron chi connectivity index (χ1n) is 10.5. The first kappa shape index (κ1) is 11.5. The Balaban J connectivity index is 1.55. The average molecular weight is 310 g/mol. The van der Waals surface area contributed by atoms with E-state index in [1.54, 1.807) is 0 Å². The predicted octanol–water partition coefficient (Wildman–Crippen LogP) is 2.44. The van der Waals surface area contributed by atoms with E-state index >= 15 is 0 Å². The molecule has 0 aliphatic heterocycles. The van der Waals surface area contributed by atoms with Crippen LogP contribution < -0.4 is 0 Å². The van der Waals surface area contributed by atoms with Gasteiger partial charge in [-0.1, -0.05) is 19.8 Å². The number of aliphatic hydroxyl groups is 2. The molecule has 10 aliphatic rings. The molecule has 0 aromatic carbocycles. The van der Waals surface area contributed by atoms with Gasteiger partial charge in [0.2, 0.25) is 0 Å². The van der Waals surface area contributed by atoms with E-state index in [1.165, 1.54) is 38.5 Å². The normalized spacial score (nSPS) is 90.7. The lowest BCUT2D eigenvalue weighted by atomic mass is 9.59. The first-order valence-corrected chi connectivity index (χ1v) is 10.5. The van der Waals surface area contributed by atoms with Crippen LogP contribution in [0.4, 0.5) is 0 Å². The standard InChI is InChI=1S/C21H26O2/c1-17-13-9-5-3-6-18(9)14-12(13)11-10-8-4-2-7-19(8,16(11)17)20(22,15(10)14)21(17,18)23/h8-16,22-23H,2-7H2,1H3/t8-,9-,10+,11+,12-,13+,14+,15+,16-,17+,18-,19-,20+,21+/m1/s1. The highest BCUT2D eigenvalue weighted by atomic mass is 16.4. The van der Waals surface area contributed by atoms with E-state index in [0.717, 1.165) is 35.5 Å². The quantitative estimate of drug-likeness (QED) is 0.721. The van der Waals surface area contributed by atoms with Gasteiger partial charge in [0, 0.05) is 16.2 Å². The molecule has 0 radical (unpaired) electrons. The molecule has 4 bridgehead atoms. The van der Waals surface area contributed by atoms with Crippen molar-refractivity contribution in [2.75, 3.05) is 0 Å². The van der Waals surface area contributed by atoms with Crippen molar-refractivity contribution in [3.8, 4) is 0 Å². The van der Waals surface area contributed by atoms with Gasteiger partial charge in [0.15, 0.2) is 0 Å². The van der Waals surface area contributed by atoms with Crippen molar-refractivity contribution < 1.29 is 10.2 Å². The van der Waals surface area contributed by atoms with Crippen LogP contribution in [0, 0.1) is 69.5 Å². The van der Waals surface area contributed by atoms with Crippen molar-refractivity contribution in [3.63, 3.8) is 0 Å². The third-order valence-corrected chi connectivity index (χ3v) is 13.0. The number of hydrogen-bond donors (Lipinski definition) is 2. The maximum atomic E-state index is 12.6. The highest BCUT2D eigenvalue weighted by Crippen LogP contribution is 3.07. The minimum atomic E-state index is -0.710. The second kappa shape index (κ2) is 2.42. The molecule has 2 nitrogen and oxygen atoms in total. The van der Waals surface area contributed by atoms with Crippen LogP contribution >= 0.6 is 0 Å². The van der Waals surface area contributed by atoms with E-state index in [-0.39, 0.29) is 16.2 Å². The molecular formula is C21H26O2. The highest BCUT2D eigenvalue weighted by molar-refractivity contribution is 5.58. The van der Waals surface area contributed by atoms with Gasteiger partial charge in [-0.25, -0.2) is 0 Å². The largest absolute Gasteiger partial charge is 0.386 e. The molecule has 10 rings (SSSR count). The molecule has 122 valence electrons.